The molecule has 1 unspecified atom stereocenters. The normalized spacial score (nSPS) is 11.6. The van der Waals surface area contributed by atoms with Crippen molar-refractivity contribution in [3.63, 3.8) is 0 Å². The summed E-state index contributed by atoms with van der Waals surface area (Å²) in [6.45, 7) is 3.05. The van der Waals surface area contributed by atoms with Gasteiger partial charge in [0.1, 0.15) is 5.75 Å². The number of aryl methyl sites for hydroxylation is 1. The number of carbonyl (C=O) groups is 1. The SMILES string of the molecule is CCC(NCC(=O)Nc1ccc(OCCCc2ccccc2)cc1)c1ccccc1. The second-order valence-electron chi connectivity index (χ2n) is 7.26. The highest BCUT2D eigenvalue weighted by atomic mass is 16.5. The first-order valence-electron chi connectivity index (χ1n) is 10.6. The molecule has 0 heterocycles. The molecular formula is C26H30N2O2. The Balaban J connectivity index is 1.38. The molecule has 0 radical (unpaired) electrons. The molecule has 3 aromatic carbocycles. The van der Waals surface area contributed by atoms with Crippen molar-refractivity contribution in [2.45, 2.75) is 32.2 Å². The van der Waals surface area contributed by atoms with E-state index in [4.69, 9.17) is 4.74 Å². The average molecular weight is 403 g/mol. The van der Waals surface area contributed by atoms with Gasteiger partial charge in [-0.15, -0.1) is 0 Å². The third-order valence-corrected chi connectivity index (χ3v) is 4.98. The minimum atomic E-state index is -0.0547. The summed E-state index contributed by atoms with van der Waals surface area (Å²) in [7, 11) is 0. The first-order valence-corrected chi connectivity index (χ1v) is 10.6. The van der Waals surface area contributed by atoms with E-state index in [1.54, 1.807) is 0 Å². The minimum Gasteiger partial charge on any atom is -0.494 e. The quantitative estimate of drug-likeness (QED) is 0.424. The molecule has 156 valence electrons. The first kappa shape index (κ1) is 21.6. The van der Waals surface area contributed by atoms with E-state index in [0.29, 0.717) is 6.61 Å². The molecule has 1 atom stereocenters. The minimum absolute atomic E-state index is 0.0547. The Morgan fingerprint density at radius 2 is 1.57 bits per heavy atom. The van der Waals surface area contributed by atoms with Crippen LogP contribution in [0.4, 0.5) is 5.69 Å². The van der Waals surface area contributed by atoms with Crippen molar-refractivity contribution in [1.82, 2.24) is 5.32 Å². The zero-order chi connectivity index (χ0) is 21.0. The van der Waals surface area contributed by atoms with Crippen LogP contribution in [0.3, 0.4) is 0 Å². The molecule has 2 N–H and O–H groups in total. The van der Waals surface area contributed by atoms with Crippen LogP contribution in [0.2, 0.25) is 0 Å². The third kappa shape index (κ3) is 7.05. The monoisotopic (exact) mass is 402 g/mol. The number of ether oxygens (including phenoxy) is 1. The molecule has 0 aromatic heterocycles. The molecule has 3 rings (SSSR count). The lowest BCUT2D eigenvalue weighted by atomic mass is 10.0. The predicted octanol–water partition coefficient (Wildman–Crippen LogP) is 5.38. The Kier molecular flexibility index (Phi) is 8.48. The van der Waals surface area contributed by atoms with Gasteiger partial charge in [0, 0.05) is 11.7 Å². The van der Waals surface area contributed by atoms with Crippen molar-refractivity contribution in [3.8, 4) is 5.75 Å². The number of rotatable bonds is 11. The van der Waals surface area contributed by atoms with Gasteiger partial charge in [-0.05, 0) is 54.7 Å². The van der Waals surface area contributed by atoms with E-state index in [1.165, 1.54) is 11.1 Å². The highest BCUT2D eigenvalue weighted by Gasteiger charge is 2.10. The molecule has 30 heavy (non-hydrogen) atoms. The molecule has 3 aromatic rings. The lowest BCUT2D eigenvalue weighted by Gasteiger charge is -2.17. The molecule has 0 fully saturated rings. The maximum absolute atomic E-state index is 12.3. The van der Waals surface area contributed by atoms with Crippen molar-refractivity contribution in [2.75, 3.05) is 18.5 Å². The molecular weight excluding hydrogens is 372 g/mol. The summed E-state index contributed by atoms with van der Waals surface area (Å²) in [5, 5.41) is 6.26. The Hall–Kier alpha value is -3.11. The van der Waals surface area contributed by atoms with Gasteiger partial charge in [0.15, 0.2) is 0 Å². The maximum atomic E-state index is 12.3. The smallest absolute Gasteiger partial charge is 0.238 e. The summed E-state index contributed by atoms with van der Waals surface area (Å²) >= 11 is 0. The number of carbonyl (C=O) groups excluding carboxylic acids is 1. The van der Waals surface area contributed by atoms with E-state index in [-0.39, 0.29) is 18.5 Å². The Morgan fingerprint density at radius 3 is 2.23 bits per heavy atom. The van der Waals surface area contributed by atoms with Crippen LogP contribution in [0.15, 0.2) is 84.9 Å². The number of anilines is 1. The molecule has 0 saturated carbocycles. The lowest BCUT2D eigenvalue weighted by Crippen LogP contribution is -2.31. The van der Waals surface area contributed by atoms with Crippen molar-refractivity contribution >= 4 is 11.6 Å². The van der Waals surface area contributed by atoms with Crippen LogP contribution in [0.1, 0.15) is 36.9 Å². The second kappa shape index (κ2) is 11.8. The van der Waals surface area contributed by atoms with Crippen LogP contribution in [0.5, 0.6) is 5.75 Å². The lowest BCUT2D eigenvalue weighted by molar-refractivity contribution is -0.115. The largest absolute Gasteiger partial charge is 0.494 e. The van der Waals surface area contributed by atoms with E-state index in [9.17, 15) is 4.79 Å². The summed E-state index contributed by atoms with van der Waals surface area (Å²) in [5.74, 6) is 0.759. The fourth-order valence-corrected chi connectivity index (χ4v) is 3.35. The van der Waals surface area contributed by atoms with Gasteiger partial charge in [-0.3, -0.25) is 4.79 Å². The summed E-state index contributed by atoms with van der Waals surface area (Å²) in [5.41, 5.74) is 3.29. The topological polar surface area (TPSA) is 50.4 Å². The summed E-state index contributed by atoms with van der Waals surface area (Å²) in [4.78, 5) is 12.3. The number of benzene rings is 3. The highest BCUT2D eigenvalue weighted by molar-refractivity contribution is 5.92. The number of amides is 1. The Morgan fingerprint density at radius 1 is 0.900 bits per heavy atom. The van der Waals surface area contributed by atoms with Gasteiger partial charge < -0.3 is 15.4 Å². The van der Waals surface area contributed by atoms with Gasteiger partial charge in [0.25, 0.3) is 0 Å². The fraction of sp³-hybridized carbons (Fsp3) is 0.269. The third-order valence-electron chi connectivity index (χ3n) is 4.98. The molecule has 0 aliphatic rings. The summed E-state index contributed by atoms with van der Waals surface area (Å²) in [6.07, 6.45) is 2.89. The van der Waals surface area contributed by atoms with E-state index in [2.05, 4.69) is 54.0 Å². The van der Waals surface area contributed by atoms with Crippen LogP contribution in [0.25, 0.3) is 0 Å². The van der Waals surface area contributed by atoms with Crippen LogP contribution in [-0.4, -0.2) is 19.1 Å². The van der Waals surface area contributed by atoms with Crippen molar-refractivity contribution < 1.29 is 9.53 Å². The van der Waals surface area contributed by atoms with Crippen LogP contribution in [-0.2, 0) is 11.2 Å². The molecule has 4 nitrogen and oxygen atoms in total. The van der Waals surface area contributed by atoms with Crippen LogP contribution >= 0.6 is 0 Å². The molecule has 0 aliphatic carbocycles. The van der Waals surface area contributed by atoms with Gasteiger partial charge in [0.2, 0.25) is 5.91 Å². The molecule has 0 saturated heterocycles. The molecule has 0 aliphatic heterocycles. The highest BCUT2D eigenvalue weighted by Crippen LogP contribution is 2.17. The first-order chi connectivity index (χ1) is 14.7. The van der Waals surface area contributed by atoms with Crippen molar-refractivity contribution in [2.24, 2.45) is 0 Å². The maximum Gasteiger partial charge on any atom is 0.238 e. The van der Waals surface area contributed by atoms with Gasteiger partial charge in [-0.25, -0.2) is 0 Å². The van der Waals surface area contributed by atoms with Gasteiger partial charge >= 0.3 is 0 Å². The summed E-state index contributed by atoms with van der Waals surface area (Å²) < 4.78 is 5.81. The van der Waals surface area contributed by atoms with Gasteiger partial charge in [-0.2, -0.15) is 0 Å². The Bertz CT molecular complexity index is 880. The van der Waals surface area contributed by atoms with Crippen LogP contribution < -0.4 is 15.4 Å². The van der Waals surface area contributed by atoms with Crippen LogP contribution in [0, 0.1) is 0 Å². The molecule has 1 amide bonds. The van der Waals surface area contributed by atoms with Crippen molar-refractivity contribution in [3.05, 3.63) is 96.1 Å². The zero-order valence-corrected chi connectivity index (χ0v) is 17.5. The van der Waals surface area contributed by atoms with E-state index in [1.807, 2.05) is 48.5 Å². The van der Waals surface area contributed by atoms with Gasteiger partial charge in [0.05, 0.1) is 13.2 Å². The number of nitrogens with one attached hydrogen (secondary N) is 2. The Labute approximate surface area is 179 Å². The van der Waals surface area contributed by atoms with E-state index < -0.39 is 0 Å². The fourth-order valence-electron chi connectivity index (χ4n) is 3.35. The summed E-state index contributed by atoms with van der Waals surface area (Å²) in [6, 6.07) is 28.3. The second-order valence-corrected chi connectivity index (χ2v) is 7.26. The van der Waals surface area contributed by atoms with E-state index in [0.717, 1.165) is 30.7 Å². The standard InChI is InChI=1S/C26H30N2O2/c1-2-25(22-13-7-4-8-14-22)27-20-26(29)28-23-15-17-24(18-16-23)30-19-9-12-21-10-5-3-6-11-21/h3-8,10-11,13-18,25,27H,2,9,12,19-20H2,1H3,(H,28,29). The zero-order valence-electron chi connectivity index (χ0n) is 17.5. The number of hydrogen-bond acceptors (Lipinski definition) is 3. The van der Waals surface area contributed by atoms with Crippen molar-refractivity contribution in [1.29, 1.82) is 0 Å². The molecule has 4 heteroatoms. The molecule has 0 spiro atoms. The van der Waals surface area contributed by atoms with E-state index >= 15 is 0 Å². The predicted molar refractivity (Wildman–Crippen MR) is 123 cm³/mol. The average Bonchev–Trinajstić information content (AvgIpc) is 2.80. The van der Waals surface area contributed by atoms with Gasteiger partial charge in [-0.1, -0.05) is 67.6 Å². The number of hydrogen-bond donors (Lipinski definition) is 2. The molecule has 0 bridgehead atoms.